The molecule has 0 bridgehead atoms. The molecule has 0 amide bonds. The minimum Gasteiger partial charge on any atom is -0.493 e. The van der Waals surface area contributed by atoms with E-state index in [-0.39, 0.29) is 12.4 Å². The number of benzene rings is 3. The number of halogens is 3. The van der Waals surface area contributed by atoms with Gasteiger partial charge in [0, 0.05) is 17.3 Å². The molecule has 0 saturated carbocycles. The number of aryl methyl sites for hydroxylation is 1. The van der Waals surface area contributed by atoms with Gasteiger partial charge in [-0.1, -0.05) is 41.4 Å². The summed E-state index contributed by atoms with van der Waals surface area (Å²) in [4.78, 5) is 0. The van der Waals surface area contributed by atoms with Gasteiger partial charge < -0.3 is 14.8 Å². The van der Waals surface area contributed by atoms with Crippen LogP contribution < -0.4 is 14.8 Å². The molecule has 0 radical (unpaired) electrons. The second-order valence-electron chi connectivity index (χ2n) is 6.35. The van der Waals surface area contributed by atoms with Crippen LogP contribution in [0.4, 0.5) is 10.1 Å². The number of hydrogen-bond donors (Lipinski definition) is 1. The van der Waals surface area contributed by atoms with E-state index in [0.29, 0.717) is 33.7 Å². The van der Waals surface area contributed by atoms with Crippen molar-refractivity contribution in [3.05, 3.63) is 87.2 Å². The molecule has 0 aromatic heterocycles. The lowest BCUT2D eigenvalue weighted by atomic mass is 10.1. The molecule has 0 aliphatic heterocycles. The molecule has 28 heavy (non-hydrogen) atoms. The number of hydrogen-bond acceptors (Lipinski definition) is 3. The Hall–Kier alpha value is -2.43. The molecule has 1 N–H and O–H groups in total. The second-order valence-corrected chi connectivity index (χ2v) is 7.16. The normalized spacial score (nSPS) is 10.6. The van der Waals surface area contributed by atoms with Gasteiger partial charge in [-0.05, 0) is 60.0 Å². The van der Waals surface area contributed by atoms with E-state index in [1.165, 1.54) is 12.1 Å². The monoisotopic (exact) mass is 419 g/mol. The van der Waals surface area contributed by atoms with Gasteiger partial charge in [0.1, 0.15) is 12.4 Å². The summed E-state index contributed by atoms with van der Waals surface area (Å²) in [7, 11) is 1.55. The van der Waals surface area contributed by atoms with Crippen molar-refractivity contribution in [3.63, 3.8) is 0 Å². The van der Waals surface area contributed by atoms with Gasteiger partial charge in [0.05, 0.1) is 12.1 Å². The lowest BCUT2D eigenvalue weighted by Gasteiger charge is -2.15. The number of ether oxygens (including phenoxy) is 2. The molecule has 0 fully saturated rings. The van der Waals surface area contributed by atoms with E-state index < -0.39 is 0 Å². The van der Waals surface area contributed by atoms with Crippen LogP contribution in [0.2, 0.25) is 10.0 Å². The summed E-state index contributed by atoms with van der Waals surface area (Å²) in [5, 5.41) is 4.45. The van der Waals surface area contributed by atoms with Crippen LogP contribution in [-0.2, 0) is 13.2 Å². The molecular formula is C22H20Cl2FNO2. The fourth-order valence-electron chi connectivity index (χ4n) is 2.70. The van der Waals surface area contributed by atoms with E-state index in [9.17, 15) is 4.39 Å². The predicted octanol–water partition coefficient (Wildman–Crippen LogP) is 6.64. The molecule has 0 unspecified atom stereocenters. The third-order valence-electron chi connectivity index (χ3n) is 4.23. The first kappa shape index (κ1) is 20.3. The first-order valence-corrected chi connectivity index (χ1v) is 9.45. The maximum atomic E-state index is 13.3. The largest absolute Gasteiger partial charge is 0.493 e. The first-order valence-electron chi connectivity index (χ1n) is 8.70. The standard InChI is InChI=1S/C22H20Cl2FNO2/c1-14-6-7-18(11-19(14)23)26-12-16-9-20(24)22(21(10-16)27-2)28-13-15-4-3-5-17(25)8-15/h3-11,26H,12-13H2,1-2H3. The van der Waals surface area contributed by atoms with Crippen LogP contribution in [-0.4, -0.2) is 7.11 Å². The summed E-state index contributed by atoms with van der Waals surface area (Å²) in [6.45, 7) is 2.69. The summed E-state index contributed by atoms with van der Waals surface area (Å²) < 4.78 is 24.5. The molecule has 3 nitrogen and oxygen atoms in total. The zero-order chi connectivity index (χ0) is 20.1. The van der Waals surface area contributed by atoms with E-state index in [0.717, 1.165) is 16.8 Å². The van der Waals surface area contributed by atoms with E-state index in [4.69, 9.17) is 32.7 Å². The van der Waals surface area contributed by atoms with Crippen molar-refractivity contribution in [1.29, 1.82) is 0 Å². The Morgan fingerprint density at radius 2 is 1.79 bits per heavy atom. The van der Waals surface area contributed by atoms with E-state index in [2.05, 4.69) is 5.32 Å². The molecule has 3 aromatic rings. The van der Waals surface area contributed by atoms with Crippen molar-refractivity contribution in [2.45, 2.75) is 20.1 Å². The number of anilines is 1. The predicted molar refractivity (Wildman–Crippen MR) is 112 cm³/mol. The highest BCUT2D eigenvalue weighted by molar-refractivity contribution is 6.32. The molecule has 146 valence electrons. The number of nitrogens with one attached hydrogen (secondary N) is 1. The minimum absolute atomic E-state index is 0.188. The summed E-state index contributed by atoms with van der Waals surface area (Å²) in [6.07, 6.45) is 0. The fourth-order valence-corrected chi connectivity index (χ4v) is 3.17. The van der Waals surface area contributed by atoms with Gasteiger partial charge >= 0.3 is 0 Å². The Morgan fingerprint density at radius 3 is 2.50 bits per heavy atom. The smallest absolute Gasteiger partial charge is 0.180 e. The Labute approximate surface area is 174 Å². The molecule has 0 saturated heterocycles. The molecule has 0 heterocycles. The van der Waals surface area contributed by atoms with Gasteiger partial charge in [-0.3, -0.25) is 0 Å². The van der Waals surface area contributed by atoms with Crippen LogP contribution in [0.15, 0.2) is 54.6 Å². The Bertz CT molecular complexity index is 979. The van der Waals surface area contributed by atoms with Gasteiger partial charge in [0.2, 0.25) is 0 Å². The van der Waals surface area contributed by atoms with Crippen molar-refractivity contribution in [3.8, 4) is 11.5 Å². The highest BCUT2D eigenvalue weighted by Crippen LogP contribution is 2.37. The molecule has 3 rings (SSSR count). The highest BCUT2D eigenvalue weighted by atomic mass is 35.5. The van der Waals surface area contributed by atoms with Gasteiger partial charge in [0.25, 0.3) is 0 Å². The third kappa shape index (κ3) is 5.09. The Morgan fingerprint density at radius 1 is 0.964 bits per heavy atom. The van der Waals surface area contributed by atoms with E-state index in [1.807, 2.05) is 37.3 Å². The van der Waals surface area contributed by atoms with Gasteiger partial charge in [-0.25, -0.2) is 4.39 Å². The second kappa shape index (κ2) is 9.18. The molecule has 6 heteroatoms. The lowest BCUT2D eigenvalue weighted by Crippen LogP contribution is -2.03. The summed E-state index contributed by atoms with van der Waals surface area (Å²) in [6, 6.07) is 15.7. The molecule has 0 aliphatic carbocycles. The lowest BCUT2D eigenvalue weighted by molar-refractivity contribution is 0.284. The van der Waals surface area contributed by atoms with Crippen molar-refractivity contribution < 1.29 is 13.9 Å². The maximum Gasteiger partial charge on any atom is 0.180 e. The zero-order valence-electron chi connectivity index (χ0n) is 15.6. The SMILES string of the molecule is COc1cc(CNc2ccc(C)c(Cl)c2)cc(Cl)c1OCc1cccc(F)c1. The Balaban J connectivity index is 1.72. The number of methoxy groups -OCH3 is 1. The van der Waals surface area contributed by atoms with Gasteiger partial charge in [0.15, 0.2) is 11.5 Å². The van der Waals surface area contributed by atoms with E-state index >= 15 is 0 Å². The van der Waals surface area contributed by atoms with Crippen LogP contribution in [0.5, 0.6) is 11.5 Å². The van der Waals surface area contributed by atoms with E-state index in [1.54, 1.807) is 19.2 Å². The van der Waals surface area contributed by atoms with Gasteiger partial charge in [-0.15, -0.1) is 0 Å². The quantitative estimate of drug-likeness (QED) is 0.465. The van der Waals surface area contributed by atoms with Crippen molar-refractivity contribution in [2.75, 3.05) is 12.4 Å². The topological polar surface area (TPSA) is 30.5 Å². The maximum absolute atomic E-state index is 13.3. The van der Waals surface area contributed by atoms with Crippen molar-refractivity contribution in [2.24, 2.45) is 0 Å². The van der Waals surface area contributed by atoms with Gasteiger partial charge in [-0.2, -0.15) is 0 Å². The third-order valence-corrected chi connectivity index (χ3v) is 4.92. The zero-order valence-corrected chi connectivity index (χ0v) is 17.1. The van der Waals surface area contributed by atoms with Crippen LogP contribution in [0.3, 0.4) is 0 Å². The number of rotatable bonds is 7. The summed E-state index contributed by atoms with van der Waals surface area (Å²) >= 11 is 12.6. The Kier molecular flexibility index (Phi) is 6.65. The van der Waals surface area contributed by atoms with Crippen molar-refractivity contribution >= 4 is 28.9 Å². The van der Waals surface area contributed by atoms with Crippen LogP contribution >= 0.6 is 23.2 Å². The summed E-state index contributed by atoms with van der Waals surface area (Å²) in [5.41, 5.74) is 3.57. The fraction of sp³-hybridized carbons (Fsp3) is 0.182. The highest BCUT2D eigenvalue weighted by Gasteiger charge is 2.13. The molecule has 3 aromatic carbocycles. The van der Waals surface area contributed by atoms with Crippen LogP contribution in [0.1, 0.15) is 16.7 Å². The summed E-state index contributed by atoms with van der Waals surface area (Å²) in [5.74, 6) is 0.634. The molecule has 0 aliphatic rings. The molecular weight excluding hydrogens is 400 g/mol. The minimum atomic E-state index is -0.309. The first-order chi connectivity index (χ1) is 13.5. The van der Waals surface area contributed by atoms with Crippen molar-refractivity contribution in [1.82, 2.24) is 0 Å². The average molecular weight is 420 g/mol. The van der Waals surface area contributed by atoms with Crippen LogP contribution in [0.25, 0.3) is 0 Å². The average Bonchev–Trinajstić information content (AvgIpc) is 2.67. The molecule has 0 atom stereocenters. The van der Waals surface area contributed by atoms with Crippen LogP contribution in [0, 0.1) is 12.7 Å². The molecule has 0 spiro atoms.